The Labute approximate surface area is 161 Å². The number of ether oxygens (including phenoxy) is 1. The minimum Gasteiger partial charge on any atom is -0.452 e. The average Bonchev–Trinajstić information content (AvgIpc) is 3.17. The molecule has 0 aromatic heterocycles. The fourth-order valence-electron chi connectivity index (χ4n) is 3.32. The number of nitrogens with one attached hydrogen (secondary N) is 1. The standard InChI is InChI=1S/C18H21FN2O6S/c1-11(17(23)20-13-6-7-28(25,26)10-13)27-18(24)12-8-16(22)21(9-12)15-5-3-2-4-14(15)19/h2-5,11-13H,6-10H2,1H3,(H,20,23)/t11-,12-,13+/m1/s1. The second kappa shape index (κ2) is 7.86. The van der Waals surface area contributed by atoms with Crippen molar-refractivity contribution in [2.75, 3.05) is 23.0 Å². The molecule has 2 saturated heterocycles. The van der Waals surface area contributed by atoms with Crippen molar-refractivity contribution in [1.82, 2.24) is 5.32 Å². The SMILES string of the molecule is C[C@@H](OC(=O)[C@@H]1CC(=O)N(c2ccccc2F)C1)C(=O)N[C@H]1CCS(=O)(=O)C1. The lowest BCUT2D eigenvalue weighted by Crippen LogP contribution is -2.43. The molecule has 0 unspecified atom stereocenters. The van der Waals surface area contributed by atoms with Crippen LogP contribution in [0.15, 0.2) is 24.3 Å². The highest BCUT2D eigenvalue weighted by atomic mass is 32.2. The number of hydrogen-bond donors (Lipinski definition) is 1. The molecule has 2 amide bonds. The molecule has 2 heterocycles. The summed E-state index contributed by atoms with van der Waals surface area (Å²) in [5.74, 6) is -3.21. The minimum atomic E-state index is -3.14. The van der Waals surface area contributed by atoms with E-state index in [4.69, 9.17) is 4.74 Å². The zero-order valence-electron chi connectivity index (χ0n) is 15.3. The van der Waals surface area contributed by atoms with Gasteiger partial charge in [0, 0.05) is 19.0 Å². The number of esters is 1. The Balaban J connectivity index is 1.55. The molecule has 10 heteroatoms. The van der Waals surface area contributed by atoms with Crippen LogP contribution >= 0.6 is 0 Å². The molecule has 152 valence electrons. The lowest BCUT2D eigenvalue weighted by molar-refractivity contribution is -0.158. The molecule has 2 fully saturated rings. The number of amides is 2. The predicted octanol–water partition coefficient (Wildman–Crippen LogP) is 0.414. The molecule has 1 aromatic carbocycles. The maximum atomic E-state index is 13.9. The van der Waals surface area contributed by atoms with Gasteiger partial charge in [-0.1, -0.05) is 12.1 Å². The first-order valence-electron chi connectivity index (χ1n) is 8.92. The molecular weight excluding hydrogens is 391 g/mol. The van der Waals surface area contributed by atoms with Gasteiger partial charge < -0.3 is 15.0 Å². The number of halogens is 1. The van der Waals surface area contributed by atoms with Gasteiger partial charge in [0.1, 0.15) is 5.82 Å². The Hall–Kier alpha value is -2.49. The van der Waals surface area contributed by atoms with Gasteiger partial charge in [0.25, 0.3) is 5.91 Å². The number of rotatable bonds is 5. The third-order valence-electron chi connectivity index (χ3n) is 4.84. The van der Waals surface area contributed by atoms with Crippen molar-refractivity contribution in [2.45, 2.75) is 31.9 Å². The molecule has 2 aliphatic rings. The summed E-state index contributed by atoms with van der Waals surface area (Å²) < 4.78 is 41.9. The Kier molecular flexibility index (Phi) is 5.69. The molecule has 0 aliphatic carbocycles. The molecule has 1 aromatic rings. The van der Waals surface area contributed by atoms with E-state index in [2.05, 4.69) is 5.32 Å². The van der Waals surface area contributed by atoms with E-state index < -0.39 is 51.5 Å². The van der Waals surface area contributed by atoms with Crippen molar-refractivity contribution in [3.8, 4) is 0 Å². The van der Waals surface area contributed by atoms with Crippen molar-refractivity contribution >= 4 is 33.3 Å². The van der Waals surface area contributed by atoms with E-state index in [1.165, 1.54) is 30.0 Å². The van der Waals surface area contributed by atoms with Gasteiger partial charge >= 0.3 is 5.97 Å². The maximum Gasteiger partial charge on any atom is 0.312 e. The molecule has 3 atom stereocenters. The van der Waals surface area contributed by atoms with Crippen LogP contribution in [0, 0.1) is 11.7 Å². The summed E-state index contributed by atoms with van der Waals surface area (Å²) in [6.07, 6.45) is -0.945. The summed E-state index contributed by atoms with van der Waals surface area (Å²) in [4.78, 5) is 37.8. The summed E-state index contributed by atoms with van der Waals surface area (Å²) in [7, 11) is -3.14. The molecule has 3 rings (SSSR count). The normalized spacial score (nSPS) is 24.8. The highest BCUT2D eigenvalue weighted by Crippen LogP contribution is 2.28. The average molecular weight is 412 g/mol. The van der Waals surface area contributed by atoms with E-state index in [0.717, 1.165) is 0 Å². The first-order valence-corrected chi connectivity index (χ1v) is 10.7. The minimum absolute atomic E-state index is 0.0161. The monoisotopic (exact) mass is 412 g/mol. The van der Waals surface area contributed by atoms with Crippen LogP contribution in [0.2, 0.25) is 0 Å². The second-order valence-corrected chi connectivity index (χ2v) is 9.27. The number of hydrogen-bond acceptors (Lipinski definition) is 6. The molecule has 0 bridgehead atoms. The van der Waals surface area contributed by atoms with Gasteiger partial charge in [0.05, 0.1) is 23.1 Å². The van der Waals surface area contributed by atoms with Crippen LogP contribution < -0.4 is 10.2 Å². The molecule has 8 nitrogen and oxygen atoms in total. The Bertz CT molecular complexity index is 903. The Morgan fingerprint density at radius 2 is 2.04 bits per heavy atom. The first kappa shape index (κ1) is 20.2. The molecule has 2 aliphatic heterocycles. The molecule has 0 radical (unpaired) electrons. The van der Waals surface area contributed by atoms with Crippen molar-refractivity contribution in [1.29, 1.82) is 0 Å². The zero-order chi connectivity index (χ0) is 20.5. The highest BCUT2D eigenvalue weighted by Gasteiger charge is 2.38. The van der Waals surface area contributed by atoms with Crippen LogP contribution in [0.25, 0.3) is 0 Å². The molecular formula is C18H21FN2O6S. The zero-order valence-corrected chi connectivity index (χ0v) is 16.1. The Morgan fingerprint density at radius 1 is 1.32 bits per heavy atom. The predicted molar refractivity (Wildman–Crippen MR) is 97.6 cm³/mol. The van der Waals surface area contributed by atoms with Crippen LogP contribution in [0.4, 0.5) is 10.1 Å². The summed E-state index contributed by atoms with van der Waals surface area (Å²) in [6.45, 7) is 1.34. The van der Waals surface area contributed by atoms with E-state index >= 15 is 0 Å². The van der Waals surface area contributed by atoms with E-state index in [1.54, 1.807) is 6.07 Å². The van der Waals surface area contributed by atoms with Crippen LogP contribution in [-0.2, 0) is 29.0 Å². The van der Waals surface area contributed by atoms with E-state index in [9.17, 15) is 27.2 Å². The van der Waals surface area contributed by atoms with Gasteiger partial charge in [-0.05, 0) is 25.5 Å². The molecule has 0 saturated carbocycles. The highest BCUT2D eigenvalue weighted by molar-refractivity contribution is 7.91. The van der Waals surface area contributed by atoms with Gasteiger partial charge in [-0.15, -0.1) is 0 Å². The van der Waals surface area contributed by atoms with Gasteiger partial charge in [-0.25, -0.2) is 12.8 Å². The Morgan fingerprint density at radius 3 is 2.68 bits per heavy atom. The molecule has 0 spiro atoms. The lowest BCUT2D eigenvalue weighted by Gasteiger charge is -2.19. The summed E-state index contributed by atoms with van der Waals surface area (Å²) in [5, 5.41) is 2.56. The second-order valence-electron chi connectivity index (χ2n) is 7.04. The largest absolute Gasteiger partial charge is 0.452 e. The number of benzene rings is 1. The maximum absolute atomic E-state index is 13.9. The van der Waals surface area contributed by atoms with Gasteiger partial charge in [0.15, 0.2) is 15.9 Å². The van der Waals surface area contributed by atoms with Crippen LogP contribution in [-0.4, -0.2) is 56.4 Å². The van der Waals surface area contributed by atoms with Gasteiger partial charge in [-0.3, -0.25) is 14.4 Å². The topological polar surface area (TPSA) is 110 Å². The fourth-order valence-corrected chi connectivity index (χ4v) is 4.99. The summed E-state index contributed by atoms with van der Waals surface area (Å²) >= 11 is 0. The number of sulfone groups is 1. The van der Waals surface area contributed by atoms with E-state index in [-0.39, 0.29) is 30.2 Å². The number of carbonyl (C=O) groups excluding carboxylic acids is 3. The van der Waals surface area contributed by atoms with Crippen molar-refractivity contribution < 1.29 is 31.9 Å². The van der Waals surface area contributed by atoms with E-state index in [1.807, 2.05) is 0 Å². The van der Waals surface area contributed by atoms with E-state index in [0.29, 0.717) is 6.42 Å². The summed E-state index contributed by atoms with van der Waals surface area (Å²) in [6, 6.07) is 5.27. The number of nitrogens with zero attached hydrogens (tertiary/aromatic N) is 1. The van der Waals surface area contributed by atoms with Crippen LogP contribution in [0.1, 0.15) is 19.8 Å². The van der Waals surface area contributed by atoms with Crippen molar-refractivity contribution in [3.63, 3.8) is 0 Å². The van der Waals surface area contributed by atoms with Crippen molar-refractivity contribution in [3.05, 3.63) is 30.1 Å². The molecule has 1 N–H and O–H groups in total. The smallest absolute Gasteiger partial charge is 0.312 e. The number of carbonyl (C=O) groups is 3. The van der Waals surface area contributed by atoms with Crippen LogP contribution in [0.5, 0.6) is 0 Å². The third-order valence-corrected chi connectivity index (χ3v) is 6.61. The van der Waals surface area contributed by atoms with Crippen molar-refractivity contribution in [2.24, 2.45) is 5.92 Å². The van der Waals surface area contributed by atoms with Gasteiger partial charge in [-0.2, -0.15) is 0 Å². The lowest BCUT2D eigenvalue weighted by atomic mass is 10.1. The first-order chi connectivity index (χ1) is 13.2. The fraction of sp³-hybridized carbons (Fsp3) is 0.500. The number of anilines is 1. The number of para-hydroxylation sites is 1. The quantitative estimate of drug-likeness (QED) is 0.702. The molecule has 28 heavy (non-hydrogen) atoms. The van der Waals surface area contributed by atoms with Gasteiger partial charge in [0.2, 0.25) is 5.91 Å². The summed E-state index contributed by atoms with van der Waals surface area (Å²) in [5.41, 5.74) is 0.0936. The third kappa shape index (κ3) is 4.49. The van der Waals surface area contributed by atoms with Crippen LogP contribution in [0.3, 0.4) is 0 Å².